The van der Waals surface area contributed by atoms with Crippen molar-refractivity contribution < 1.29 is 23.1 Å². The minimum atomic E-state index is -3.40. The molecule has 0 spiro atoms. The average molecular weight is 359 g/mol. The maximum Gasteiger partial charge on any atom is 0.351 e. The molecule has 0 heterocycles. The second-order valence-corrected chi connectivity index (χ2v) is 9.00. The second kappa shape index (κ2) is 8.34. The van der Waals surface area contributed by atoms with Crippen molar-refractivity contribution in [3.05, 3.63) is 23.8 Å². The summed E-state index contributed by atoms with van der Waals surface area (Å²) in [5.74, 6) is 0.541. The van der Waals surface area contributed by atoms with Crippen LogP contribution in [0.2, 0.25) is 0 Å². The molecule has 0 fully saturated rings. The average Bonchev–Trinajstić information content (AvgIpc) is 2.57. The third kappa shape index (κ3) is 4.73. The number of rotatable bonds is 8. The van der Waals surface area contributed by atoms with E-state index in [0.29, 0.717) is 11.5 Å². The van der Waals surface area contributed by atoms with Gasteiger partial charge < -0.3 is 18.5 Å². The van der Waals surface area contributed by atoms with Crippen molar-refractivity contribution in [2.75, 3.05) is 28.4 Å². The molecule has 0 radical (unpaired) electrons. The number of methoxy groups -OCH3 is 2. The molecule has 0 aromatic heterocycles. The molecule has 1 rings (SSSR count). The van der Waals surface area contributed by atoms with Gasteiger partial charge >= 0.3 is 7.60 Å². The van der Waals surface area contributed by atoms with Crippen LogP contribution in [-0.2, 0) is 13.6 Å². The van der Waals surface area contributed by atoms with E-state index in [1.165, 1.54) is 14.2 Å². The Labute approximate surface area is 145 Å². The van der Waals surface area contributed by atoms with Crippen LogP contribution in [0.4, 0.5) is 0 Å². The Balaban J connectivity index is 3.35. The molecule has 0 saturated carbocycles. The summed E-state index contributed by atoms with van der Waals surface area (Å²) >= 11 is 0. The molecule has 0 bridgehead atoms. The zero-order valence-corrected chi connectivity index (χ0v) is 16.8. The Bertz CT molecular complexity index is 577. The minimum absolute atomic E-state index is 0.0267. The second-order valence-electron chi connectivity index (χ2n) is 6.68. The van der Waals surface area contributed by atoms with E-state index in [9.17, 15) is 4.57 Å². The zero-order valence-electron chi connectivity index (χ0n) is 15.9. The van der Waals surface area contributed by atoms with Gasteiger partial charge in [0.1, 0.15) is 5.78 Å². The van der Waals surface area contributed by atoms with Crippen molar-refractivity contribution in [3.63, 3.8) is 0 Å². The lowest BCUT2D eigenvalue weighted by Crippen LogP contribution is -2.40. The first-order valence-electron chi connectivity index (χ1n) is 7.82. The molecule has 1 N–H and O–H groups in total. The van der Waals surface area contributed by atoms with Crippen LogP contribution in [0.3, 0.4) is 0 Å². The van der Waals surface area contributed by atoms with E-state index in [0.717, 1.165) is 5.56 Å². The van der Waals surface area contributed by atoms with Gasteiger partial charge in [-0.3, -0.25) is 9.88 Å². The van der Waals surface area contributed by atoms with Crippen molar-refractivity contribution in [2.45, 2.75) is 39.5 Å². The van der Waals surface area contributed by atoms with Crippen LogP contribution < -0.4 is 14.8 Å². The number of nitrogens with one attached hydrogen (secondary N) is 1. The van der Waals surface area contributed by atoms with E-state index in [-0.39, 0.29) is 11.5 Å². The van der Waals surface area contributed by atoms with E-state index in [2.05, 4.69) is 26.1 Å². The topological polar surface area (TPSA) is 66.0 Å². The lowest BCUT2D eigenvalue weighted by molar-refractivity contribution is 0.233. The van der Waals surface area contributed by atoms with Crippen molar-refractivity contribution in [1.29, 1.82) is 0 Å². The summed E-state index contributed by atoms with van der Waals surface area (Å²) in [7, 11) is 2.52. The fourth-order valence-electron chi connectivity index (χ4n) is 2.17. The molecule has 138 valence electrons. The molecular weight excluding hydrogens is 329 g/mol. The molecule has 0 aliphatic carbocycles. The Hall–Kier alpha value is -1.07. The van der Waals surface area contributed by atoms with Gasteiger partial charge in [0.25, 0.3) is 0 Å². The molecule has 0 unspecified atom stereocenters. The predicted molar refractivity (Wildman–Crippen MR) is 96.0 cm³/mol. The van der Waals surface area contributed by atoms with Crippen LogP contribution in [0.15, 0.2) is 18.2 Å². The summed E-state index contributed by atoms with van der Waals surface area (Å²) in [6.07, 6.45) is 0. The van der Waals surface area contributed by atoms with Gasteiger partial charge in [0.2, 0.25) is 0 Å². The highest BCUT2D eigenvalue weighted by atomic mass is 31.2. The number of ether oxygens (including phenoxy) is 2. The Kier molecular flexibility index (Phi) is 7.29. The Morgan fingerprint density at radius 3 is 1.96 bits per heavy atom. The molecule has 1 aromatic rings. The zero-order chi connectivity index (χ0) is 18.5. The summed E-state index contributed by atoms with van der Waals surface area (Å²) in [4.78, 5) is 0. The van der Waals surface area contributed by atoms with Crippen molar-refractivity contribution >= 4 is 7.60 Å². The van der Waals surface area contributed by atoms with Crippen molar-refractivity contribution in [3.8, 4) is 11.5 Å². The Morgan fingerprint density at radius 1 is 1.00 bits per heavy atom. The minimum Gasteiger partial charge on any atom is -0.493 e. The van der Waals surface area contributed by atoms with Crippen LogP contribution in [0.5, 0.6) is 11.5 Å². The molecule has 0 aliphatic rings. The number of hydrogen-bond donors (Lipinski definition) is 1. The largest absolute Gasteiger partial charge is 0.493 e. The van der Waals surface area contributed by atoms with Gasteiger partial charge in [-0.1, -0.05) is 26.8 Å². The summed E-state index contributed by atoms with van der Waals surface area (Å²) in [6.45, 7) is 8.38. The molecule has 0 saturated heterocycles. The van der Waals surface area contributed by atoms with Crippen LogP contribution in [0.1, 0.15) is 39.0 Å². The van der Waals surface area contributed by atoms with Gasteiger partial charge in [0.15, 0.2) is 11.5 Å². The summed E-state index contributed by atoms with van der Waals surface area (Å²) in [6, 6.07) is 5.46. The van der Waals surface area contributed by atoms with Gasteiger partial charge in [0, 0.05) is 20.3 Å². The molecule has 24 heavy (non-hydrogen) atoms. The molecule has 0 aliphatic heterocycles. The van der Waals surface area contributed by atoms with Gasteiger partial charge in [0.05, 0.1) is 14.2 Å². The van der Waals surface area contributed by atoms with Crippen LogP contribution in [0.25, 0.3) is 0 Å². The monoisotopic (exact) mass is 359 g/mol. The van der Waals surface area contributed by atoms with Gasteiger partial charge in [-0.05, 0) is 30.0 Å². The fraction of sp³-hybridized carbons (Fsp3) is 0.647. The smallest absolute Gasteiger partial charge is 0.351 e. The first-order chi connectivity index (χ1) is 11.1. The third-order valence-electron chi connectivity index (χ3n) is 4.26. The van der Waals surface area contributed by atoms with E-state index in [4.69, 9.17) is 18.5 Å². The quantitative estimate of drug-likeness (QED) is 0.701. The highest BCUT2D eigenvalue weighted by Gasteiger charge is 2.38. The fourth-order valence-corrected chi connectivity index (χ4v) is 3.67. The maximum absolute atomic E-state index is 13.1. The van der Waals surface area contributed by atoms with Crippen molar-refractivity contribution in [2.24, 2.45) is 5.41 Å². The lowest BCUT2D eigenvalue weighted by Gasteiger charge is -2.34. The third-order valence-corrected chi connectivity index (χ3v) is 6.35. The SMILES string of the molecule is COc1ccc([C@H](N[C@@H](C)C(C)(C)C)P(=O)(OC)OC)cc1OC. The molecule has 0 amide bonds. The van der Waals surface area contributed by atoms with E-state index < -0.39 is 13.4 Å². The maximum atomic E-state index is 13.1. The first-order valence-corrected chi connectivity index (χ1v) is 9.43. The number of benzene rings is 1. The summed E-state index contributed by atoms with van der Waals surface area (Å²) in [5.41, 5.74) is 0.719. The van der Waals surface area contributed by atoms with Crippen LogP contribution >= 0.6 is 7.60 Å². The molecule has 1 aromatic carbocycles. The van der Waals surface area contributed by atoms with Crippen LogP contribution in [-0.4, -0.2) is 34.5 Å². The van der Waals surface area contributed by atoms with Gasteiger partial charge in [-0.2, -0.15) is 0 Å². The highest BCUT2D eigenvalue weighted by Crippen LogP contribution is 2.59. The molecular formula is C17H30NO5P. The first kappa shape index (κ1) is 21.0. The number of hydrogen-bond acceptors (Lipinski definition) is 6. The van der Waals surface area contributed by atoms with Gasteiger partial charge in [-0.25, -0.2) is 0 Å². The predicted octanol–water partition coefficient (Wildman–Crippen LogP) is 4.21. The van der Waals surface area contributed by atoms with E-state index >= 15 is 0 Å². The summed E-state index contributed by atoms with van der Waals surface area (Å²) < 4.78 is 34.2. The normalized spacial score (nSPS) is 15.0. The Morgan fingerprint density at radius 2 is 1.54 bits per heavy atom. The summed E-state index contributed by atoms with van der Waals surface area (Å²) in [5, 5.41) is 3.39. The van der Waals surface area contributed by atoms with Crippen molar-refractivity contribution in [1.82, 2.24) is 5.32 Å². The van der Waals surface area contributed by atoms with E-state index in [1.54, 1.807) is 26.4 Å². The standard InChI is InChI=1S/C17H30NO5P/c1-12(17(2,3)4)18-16(24(19,22-7)23-8)13-9-10-14(20-5)15(11-13)21-6/h9-12,16,18H,1-8H3/t12-,16+/m0/s1. The van der Waals surface area contributed by atoms with Gasteiger partial charge in [-0.15, -0.1) is 0 Å². The molecule has 6 nitrogen and oxygen atoms in total. The van der Waals surface area contributed by atoms with E-state index in [1.807, 2.05) is 13.0 Å². The van der Waals surface area contributed by atoms with Crippen LogP contribution in [0, 0.1) is 5.41 Å². The highest BCUT2D eigenvalue weighted by molar-refractivity contribution is 7.54. The molecule has 7 heteroatoms. The lowest BCUT2D eigenvalue weighted by atomic mass is 9.88. The molecule has 2 atom stereocenters.